The first-order valence-corrected chi connectivity index (χ1v) is 11.5. The van der Waals surface area contributed by atoms with Gasteiger partial charge in [0, 0.05) is 18.0 Å². The van der Waals surface area contributed by atoms with E-state index in [2.05, 4.69) is 32.0 Å². The number of likely N-dealkylation sites (N-methyl/N-ethyl adjacent to an activating group) is 1. The SMILES string of the molecule is C[N+]1(C(=O)c2ccc(-c3ccc4ncc(C#Cc5ccnc6[nH]ncc56)n4c3)cc2)CCOCC1. The number of H-pyrrole nitrogens is 1. The molecule has 4 aromatic heterocycles. The maximum atomic E-state index is 13.1. The average molecular weight is 464 g/mol. The van der Waals surface area contributed by atoms with E-state index in [9.17, 15) is 4.79 Å². The van der Waals surface area contributed by atoms with Gasteiger partial charge in [0.2, 0.25) is 0 Å². The molecule has 0 spiro atoms. The Morgan fingerprint density at radius 2 is 1.80 bits per heavy atom. The summed E-state index contributed by atoms with van der Waals surface area (Å²) in [6.45, 7) is 2.63. The minimum absolute atomic E-state index is 0.130. The number of carbonyl (C=O) groups excluding carboxylic acids is 1. The molecule has 5 heterocycles. The molecule has 172 valence electrons. The maximum Gasteiger partial charge on any atom is 0.345 e. The number of carbonyl (C=O) groups is 1. The number of fused-ring (bicyclic) bond motifs is 2. The molecule has 0 unspecified atom stereocenters. The summed E-state index contributed by atoms with van der Waals surface area (Å²) in [6, 6.07) is 13.7. The minimum Gasteiger partial charge on any atom is -0.370 e. The van der Waals surface area contributed by atoms with E-state index in [0.717, 1.165) is 39.0 Å². The third kappa shape index (κ3) is 3.87. The summed E-state index contributed by atoms with van der Waals surface area (Å²) < 4.78 is 7.79. The fourth-order valence-electron chi connectivity index (χ4n) is 4.40. The molecule has 1 N–H and O–H groups in total. The van der Waals surface area contributed by atoms with E-state index in [-0.39, 0.29) is 5.91 Å². The minimum atomic E-state index is 0.130. The monoisotopic (exact) mass is 463 g/mol. The molecule has 1 fully saturated rings. The van der Waals surface area contributed by atoms with Gasteiger partial charge in [0.25, 0.3) is 0 Å². The van der Waals surface area contributed by atoms with Crippen LogP contribution in [-0.4, -0.2) is 68.3 Å². The number of hydrogen-bond acceptors (Lipinski definition) is 5. The zero-order chi connectivity index (χ0) is 23.8. The maximum absolute atomic E-state index is 13.1. The van der Waals surface area contributed by atoms with Gasteiger partial charge in [0.15, 0.2) is 5.65 Å². The van der Waals surface area contributed by atoms with Crippen molar-refractivity contribution in [1.82, 2.24) is 24.6 Å². The second-order valence-corrected chi connectivity index (χ2v) is 8.87. The molecule has 0 aliphatic carbocycles. The number of quaternary nitrogens is 1. The van der Waals surface area contributed by atoms with Crippen molar-refractivity contribution in [1.29, 1.82) is 0 Å². The van der Waals surface area contributed by atoms with E-state index in [1.54, 1.807) is 18.6 Å². The molecule has 1 aromatic carbocycles. The highest BCUT2D eigenvalue weighted by Gasteiger charge is 2.34. The Labute approximate surface area is 201 Å². The van der Waals surface area contributed by atoms with Crippen LogP contribution in [0, 0.1) is 11.8 Å². The van der Waals surface area contributed by atoms with E-state index >= 15 is 0 Å². The second kappa shape index (κ2) is 8.47. The molecule has 0 radical (unpaired) electrons. The summed E-state index contributed by atoms with van der Waals surface area (Å²) in [5.41, 5.74) is 5.93. The number of benzene rings is 1. The Balaban J connectivity index is 1.30. The molecule has 1 aliphatic heterocycles. The topological polar surface area (TPSA) is 85.2 Å². The van der Waals surface area contributed by atoms with E-state index in [1.165, 1.54) is 0 Å². The highest BCUT2D eigenvalue weighted by atomic mass is 16.5. The molecule has 6 rings (SSSR count). The van der Waals surface area contributed by atoms with Crippen molar-refractivity contribution in [3.8, 4) is 23.0 Å². The van der Waals surface area contributed by atoms with Crippen molar-refractivity contribution in [2.24, 2.45) is 0 Å². The van der Waals surface area contributed by atoms with E-state index in [1.807, 2.05) is 60.1 Å². The van der Waals surface area contributed by atoms with E-state index in [0.29, 0.717) is 36.4 Å². The van der Waals surface area contributed by atoms with Crippen LogP contribution in [0.2, 0.25) is 0 Å². The summed E-state index contributed by atoms with van der Waals surface area (Å²) in [7, 11) is 1.98. The van der Waals surface area contributed by atoms with Gasteiger partial charge >= 0.3 is 5.91 Å². The number of pyridine rings is 2. The van der Waals surface area contributed by atoms with Crippen LogP contribution >= 0.6 is 0 Å². The summed E-state index contributed by atoms with van der Waals surface area (Å²) in [5, 5.41) is 7.80. The lowest BCUT2D eigenvalue weighted by atomic mass is 10.0. The molecular weight excluding hydrogens is 440 g/mol. The van der Waals surface area contributed by atoms with E-state index in [4.69, 9.17) is 4.74 Å². The van der Waals surface area contributed by atoms with Crippen molar-refractivity contribution in [2.75, 3.05) is 33.4 Å². The molecule has 8 nitrogen and oxygen atoms in total. The van der Waals surface area contributed by atoms with Gasteiger partial charge in [-0.05, 0) is 47.4 Å². The third-order valence-electron chi connectivity index (χ3n) is 6.60. The van der Waals surface area contributed by atoms with Crippen molar-refractivity contribution < 1.29 is 14.0 Å². The number of aromatic nitrogens is 5. The number of amides is 1. The molecule has 8 heteroatoms. The smallest absolute Gasteiger partial charge is 0.345 e. The number of imidazole rings is 1. The molecule has 1 aliphatic rings. The van der Waals surface area contributed by atoms with E-state index < -0.39 is 0 Å². The van der Waals surface area contributed by atoms with Crippen LogP contribution in [0.25, 0.3) is 27.8 Å². The first kappa shape index (κ1) is 21.2. The summed E-state index contributed by atoms with van der Waals surface area (Å²) in [4.78, 5) is 21.8. The van der Waals surface area contributed by atoms with Gasteiger partial charge in [-0.2, -0.15) is 5.10 Å². The predicted molar refractivity (Wildman–Crippen MR) is 132 cm³/mol. The van der Waals surface area contributed by atoms with Gasteiger partial charge in [-0.1, -0.05) is 18.1 Å². The normalized spacial score (nSPS) is 15.1. The molecule has 35 heavy (non-hydrogen) atoms. The zero-order valence-electron chi connectivity index (χ0n) is 19.2. The number of nitrogens with zero attached hydrogens (tertiary/aromatic N) is 5. The highest BCUT2D eigenvalue weighted by molar-refractivity contribution is 5.89. The number of morpholine rings is 1. The Bertz CT molecular complexity index is 1610. The molecule has 5 aromatic rings. The van der Waals surface area contributed by atoms with Crippen LogP contribution in [-0.2, 0) is 4.74 Å². The largest absolute Gasteiger partial charge is 0.370 e. The molecule has 1 saturated heterocycles. The predicted octanol–water partition coefficient (Wildman–Crippen LogP) is 3.29. The quantitative estimate of drug-likeness (QED) is 0.321. The average Bonchev–Trinajstić information content (AvgIpc) is 3.54. The van der Waals surface area contributed by atoms with Gasteiger partial charge in [-0.25, -0.2) is 14.8 Å². The van der Waals surface area contributed by atoms with Crippen molar-refractivity contribution in [3.05, 3.63) is 84.1 Å². The Morgan fingerprint density at radius 1 is 1.00 bits per heavy atom. The van der Waals surface area contributed by atoms with Gasteiger partial charge < -0.3 is 4.74 Å². The molecule has 0 saturated carbocycles. The van der Waals surface area contributed by atoms with Gasteiger partial charge in [0.1, 0.15) is 24.4 Å². The Kier molecular flexibility index (Phi) is 5.14. The lowest BCUT2D eigenvalue weighted by Gasteiger charge is -2.34. The van der Waals surface area contributed by atoms with Gasteiger partial charge in [0.05, 0.1) is 43.6 Å². The Hall–Kier alpha value is -4.32. The number of aromatic amines is 1. The van der Waals surface area contributed by atoms with Crippen molar-refractivity contribution in [2.45, 2.75) is 0 Å². The summed E-state index contributed by atoms with van der Waals surface area (Å²) in [6.07, 6.45) is 7.24. The summed E-state index contributed by atoms with van der Waals surface area (Å²) >= 11 is 0. The third-order valence-corrected chi connectivity index (χ3v) is 6.60. The zero-order valence-corrected chi connectivity index (χ0v) is 19.2. The fourth-order valence-corrected chi connectivity index (χ4v) is 4.40. The van der Waals surface area contributed by atoms with Gasteiger partial charge in [-0.3, -0.25) is 14.0 Å². The highest BCUT2D eigenvalue weighted by Crippen LogP contribution is 2.23. The van der Waals surface area contributed by atoms with Crippen LogP contribution in [0.3, 0.4) is 0 Å². The molecular formula is C27H23N6O2+. The van der Waals surface area contributed by atoms with Crippen LogP contribution < -0.4 is 0 Å². The standard InChI is InChI=1S/C27H23N6O2/c1-33(12-14-35-15-13-33)27(34)21-4-2-19(3-5-21)22-7-9-25-29-16-23(32(25)18-22)8-6-20-10-11-28-26-24(20)17-30-31-26/h2-5,7,9-11,16-18H,12-15H2,1H3,(H,28,30,31)/q+1. The molecule has 1 amide bonds. The first-order valence-electron chi connectivity index (χ1n) is 11.5. The Morgan fingerprint density at radius 3 is 2.63 bits per heavy atom. The second-order valence-electron chi connectivity index (χ2n) is 8.87. The molecule has 0 atom stereocenters. The van der Waals surface area contributed by atoms with Crippen molar-refractivity contribution in [3.63, 3.8) is 0 Å². The summed E-state index contributed by atoms with van der Waals surface area (Å²) in [5.74, 6) is 6.59. The number of rotatable bonds is 2. The number of nitrogens with one attached hydrogen (secondary N) is 1. The lowest BCUT2D eigenvalue weighted by Crippen LogP contribution is -2.55. The lowest BCUT2D eigenvalue weighted by molar-refractivity contribution is -0.837. The number of ether oxygens (including phenoxy) is 1. The fraction of sp³-hybridized carbons (Fsp3) is 0.185. The van der Waals surface area contributed by atoms with Crippen molar-refractivity contribution >= 4 is 22.6 Å². The van der Waals surface area contributed by atoms with Crippen LogP contribution in [0.1, 0.15) is 21.6 Å². The van der Waals surface area contributed by atoms with Crippen LogP contribution in [0.4, 0.5) is 0 Å². The molecule has 0 bridgehead atoms. The first-order chi connectivity index (χ1) is 17.1. The number of hydrogen-bond donors (Lipinski definition) is 1. The van der Waals surface area contributed by atoms with Gasteiger partial charge in [-0.15, -0.1) is 0 Å². The van der Waals surface area contributed by atoms with Crippen LogP contribution in [0.5, 0.6) is 0 Å². The van der Waals surface area contributed by atoms with Crippen LogP contribution in [0.15, 0.2) is 67.3 Å².